The molecule has 2 aromatic carbocycles. The lowest BCUT2D eigenvalue weighted by molar-refractivity contribution is 0.0660. The molecular formula is C22H18IN3O2. The van der Waals surface area contributed by atoms with Crippen molar-refractivity contribution in [3.05, 3.63) is 85.7 Å². The summed E-state index contributed by atoms with van der Waals surface area (Å²) in [6.07, 6.45) is 1.58. The second-order valence-corrected chi connectivity index (χ2v) is 7.97. The predicted octanol–water partition coefficient (Wildman–Crippen LogP) is 4.64. The van der Waals surface area contributed by atoms with E-state index in [-0.39, 0.29) is 11.8 Å². The fourth-order valence-corrected chi connectivity index (χ4v) is 3.82. The third-order valence-electron chi connectivity index (χ3n) is 4.95. The zero-order valence-corrected chi connectivity index (χ0v) is 17.9. The number of rotatable bonds is 3. The van der Waals surface area contributed by atoms with Gasteiger partial charge in [0, 0.05) is 26.2 Å². The molecule has 4 rings (SSSR count). The molecular weight excluding hydrogens is 465 g/mol. The molecule has 0 fully saturated rings. The van der Waals surface area contributed by atoms with Gasteiger partial charge in [0.25, 0.3) is 11.8 Å². The summed E-state index contributed by atoms with van der Waals surface area (Å²) in [5.41, 5.74) is 6.00. The van der Waals surface area contributed by atoms with Crippen molar-refractivity contribution < 1.29 is 9.59 Å². The minimum Gasteiger partial charge on any atom is -0.318 e. The number of nitrogens with zero attached hydrogens (tertiary/aromatic N) is 3. The quantitative estimate of drug-likeness (QED) is 0.310. The molecule has 0 saturated heterocycles. The van der Waals surface area contributed by atoms with E-state index >= 15 is 0 Å². The number of aromatic nitrogens is 1. The second kappa shape index (κ2) is 7.01. The Morgan fingerprint density at radius 3 is 2.18 bits per heavy atom. The first-order chi connectivity index (χ1) is 13.4. The zero-order valence-electron chi connectivity index (χ0n) is 15.7. The van der Waals surface area contributed by atoms with Crippen LogP contribution < -0.4 is 0 Å². The summed E-state index contributed by atoms with van der Waals surface area (Å²) in [6.45, 7) is 6.12. The smallest absolute Gasteiger partial charge is 0.282 e. The van der Waals surface area contributed by atoms with E-state index < -0.39 is 0 Å². The number of carbonyl (C=O) groups is 2. The van der Waals surface area contributed by atoms with Crippen LogP contribution in [0.2, 0.25) is 0 Å². The first-order valence-corrected chi connectivity index (χ1v) is 9.93. The summed E-state index contributed by atoms with van der Waals surface area (Å²) in [5.74, 6) is -0.780. The number of benzene rings is 2. The Kier molecular flexibility index (Phi) is 4.66. The van der Waals surface area contributed by atoms with E-state index in [0.717, 1.165) is 27.6 Å². The lowest BCUT2D eigenvalue weighted by Crippen LogP contribution is -2.24. The maximum atomic E-state index is 12.5. The Morgan fingerprint density at radius 1 is 0.929 bits per heavy atom. The Labute approximate surface area is 176 Å². The number of halogens is 1. The Morgan fingerprint density at radius 2 is 1.57 bits per heavy atom. The van der Waals surface area contributed by atoms with E-state index in [1.54, 1.807) is 30.5 Å². The van der Waals surface area contributed by atoms with Crippen molar-refractivity contribution in [3.63, 3.8) is 0 Å². The fraction of sp³-hybridized carbons (Fsp3) is 0.136. The van der Waals surface area contributed by atoms with Gasteiger partial charge in [-0.2, -0.15) is 10.1 Å². The summed E-state index contributed by atoms with van der Waals surface area (Å²) < 4.78 is 3.36. The predicted molar refractivity (Wildman–Crippen MR) is 117 cm³/mol. The van der Waals surface area contributed by atoms with Gasteiger partial charge in [-0.25, -0.2) is 0 Å². The van der Waals surface area contributed by atoms with Gasteiger partial charge in [0.15, 0.2) is 0 Å². The van der Waals surface area contributed by atoms with Crippen LogP contribution in [-0.2, 0) is 0 Å². The average Bonchev–Trinajstić information content (AvgIpc) is 3.10. The Bertz CT molecular complexity index is 1130. The molecule has 140 valence electrons. The molecule has 5 nitrogen and oxygen atoms in total. The normalized spacial score (nSPS) is 13.6. The summed E-state index contributed by atoms with van der Waals surface area (Å²) >= 11 is 2.32. The molecule has 0 unspecified atom stereocenters. The largest absolute Gasteiger partial charge is 0.318 e. The third kappa shape index (κ3) is 2.97. The van der Waals surface area contributed by atoms with Crippen LogP contribution in [0.5, 0.6) is 0 Å². The van der Waals surface area contributed by atoms with E-state index in [1.807, 2.05) is 19.9 Å². The SMILES string of the molecule is Cc1cc(-n2c(C)cc(/C=N\N3C(=O)c4ccccc4C3=O)c2C)ccc1I. The topological polar surface area (TPSA) is 54.7 Å². The number of fused-ring (bicyclic) bond motifs is 1. The molecule has 2 amide bonds. The van der Waals surface area contributed by atoms with Gasteiger partial charge in [0.05, 0.1) is 17.3 Å². The number of imide groups is 1. The van der Waals surface area contributed by atoms with Crippen molar-refractivity contribution in [2.45, 2.75) is 20.8 Å². The number of aryl methyl sites for hydroxylation is 2. The van der Waals surface area contributed by atoms with Gasteiger partial charge in [-0.05, 0) is 85.3 Å². The molecule has 0 atom stereocenters. The van der Waals surface area contributed by atoms with Gasteiger partial charge in [0.2, 0.25) is 0 Å². The van der Waals surface area contributed by atoms with Gasteiger partial charge in [-0.1, -0.05) is 12.1 Å². The van der Waals surface area contributed by atoms with Crippen LogP contribution in [-0.4, -0.2) is 27.6 Å². The van der Waals surface area contributed by atoms with Crippen molar-refractivity contribution in [3.8, 4) is 5.69 Å². The van der Waals surface area contributed by atoms with Crippen molar-refractivity contribution >= 4 is 40.6 Å². The Hall–Kier alpha value is -2.74. The van der Waals surface area contributed by atoms with Gasteiger partial charge >= 0.3 is 0 Å². The summed E-state index contributed by atoms with van der Waals surface area (Å²) in [5, 5.41) is 5.14. The van der Waals surface area contributed by atoms with E-state index in [0.29, 0.717) is 11.1 Å². The maximum Gasteiger partial charge on any atom is 0.282 e. The molecule has 6 heteroatoms. The third-order valence-corrected chi connectivity index (χ3v) is 6.17. The highest BCUT2D eigenvalue weighted by atomic mass is 127. The van der Waals surface area contributed by atoms with Crippen LogP contribution in [0.3, 0.4) is 0 Å². The van der Waals surface area contributed by atoms with Crippen LogP contribution in [0.15, 0.2) is 53.6 Å². The van der Waals surface area contributed by atoms with Crippen LogP contribution in [0.25, 0.3) is 5.69 Å². The molecule has 3 aromatic rings. The Balaban J connectivity index is 1.68. The lowest BCUT2D eigenvalue weighted by Gasteiger charge is -2.11. The van der Waals surface area contributed by atoms with E-state index in [2.05, 4.69) is 57.4 Å². The number of hydrogen-bond acceptors (Lipinski definition) is 3. The van der Waals surface area contributed by atoms with Crippen LogP contribution in [0.4, 0.5) is 0 Å². The second-order valence-electron chi connectivity index (χ2n) is 6.81. The van der Waals surface area contributed by atoms with Crippen molar-refractivity contribution in [2.24, 2.45) is 5.10 Å². The van der Waals surface area contributed by atoms with Crippen LogP contribution in [0.1, 0.15) is 43.2 Å². The van der Waals surface area contributed by atoms with Gasteiger partial charge in [-0.15, -0.1) is 0 Å². The molecule has 28 heavy (non-hydrogen) atoms. The van der Waals surface area contributed by atoms with E-state index in [4.69, 9.17) is 0 Å². The first kappa shape index (κ1) is 18.6. The molecule has 2 heterocycles. The minimum absolute atomic E-state index is 0.390. The van der Waals surface area contributed by atoms with Crippen LogP contribution >= 0.6 is 22.6 Å². The molecule has 1 aliphatic rings. The fourth-order valence-electron chi connectivity index (χ4n) is 3.48. The van der Waals surface area contributed by atoms with Gasteiger partial charge < -0.3 is 4.57 Å². The van der Waals surface area contributed by atoms with Crippen molar-refractivity contribution in [1.82, 2.24) is 9.58 Å². The highest BCUT2D eigenvalue weighted by molar-refractivity contribution is 14.1. The van der Waals surface area contributed by atoms with Gasteiger partial charge in [-0.3, -0.25) is 9.59 Å². The minimum atomic E-state index is -0.390. The number of carbonyl (C=O) groups excluding carboxylic acids is 2. The molecule has 1 aromatic heterocycles. The molecule has 0 spiro atoms. The monoisotopic (exact) mass is 483 g/mol. The maximum absolute atomic E-state index is 12.5. The van der Waals surface area contributed by atoms with E-state index in [1.165, 1.54) is 9.13 Å². The summed E-state index contributed by atoms with van der Waals surface area (Å²) in [6, 6.07) is 15.1. The standard InChI is InChI=1S/C22H18IN3O2/c1-13-10-17(8-9-20(13)23)25-14(2)11-16(15(25)3)12-24-26-21(27)18-6-4-5-7-19(18)22(26)28/h4-12H,1-3H3/b24-12-. The summed E-state index contributed by atoms with van der Waals surface area (Å²) in [4.78, 5) is 24.9. The van der Waals surface area contributed by atoms with Crippen molar-refractivity contribution in [1.29, 1.82) is 0 Å². The number of amides is 2. The molecule has 0 aliphatic carbocycles. The molecule has 0 bridgehead atoms. The number of hydrogen-bond donors (Lipinski definition) is 0. The average molecular weight is 483 g/mol. The van der Waals surface area contributed by atoms with Gasteiger partial charge in [0.1, 0.15) is 0 Å². The molecule has 1 aliphatic heterocycles. The highest BCUT2D eigenvalue weighted by Gasteiger charge is 2.35. The molecule has 0 saturated carbocycles. The van der Waals surface area contributed by atoms with Crippen LogP contribution in [0, 0.1) is 24.3 Å². The molecule has 0 N–H and O–H groups in total. The van der Waals surface area contributed by atoms with Crippen molar-refractivity contribution in [2.75, 3.05) is 0 Å². The zero-order chi connectivity index (χ0) is 20.0. The number of hydrazone groups is 1. The molecule has 0 radical (unpaired) electrons. The highest BCUT2D eigenvalue weighted by Crippen LogP contribution is 2.25. The van der Waals surface area contributed by atoms with E-state index in [9.17, 15) is 9.59 Å². The lowest BCUT2D eigenvalue weighted by atomic mass is 10.1. The summed E-state index contributed by atoms with van der Waals surface area (Å²) in [7, 11) is 0. The first-order valence-electron chi connectivity index (χ1n) is 8.85.